The summed E-state index contributed by atoms with van der Waals surface area (Å²) in [6.45, 7) is 13.5. The normalized spacial score (nSPS) is 11.5. The predicted octanol–water partition coefficient (Wildman–Crippen LogP) is 17.1. The average Bonchev–Trinajstić information content (AvgIpc) is 3.25. The molecule has 0 radical (unpaired) electrons. The molecule has 0 saturated heterocycles. The lowest BCUT2D eigenvalue weighted by Crippen LogP contribution is -2.17. The van der Waals surface area contributed by atoms with Gasteiger partial charge in [0.1, 0.15) is 11.5 Å². The Morgan fingerprint density at radius 3 is 1.08 bits per heavy atom. The molecule has 0 aliphatic carbocycles. The van der Waals surface area contributed by atoms with E-state index in [0.717, 1.165) is 62.7 Å². The maximum Gasteiger partial charge on any atom is 0.129 e. The monoisotopic (exact) mass is 817 g/mol. The van der Waals surface area contributed by atoms with Gasteiger partial charge in [-0.15, -0.1) is 0 Å². The van der Waals surface area contributed by atoms with Crippen LogP contribution in [0.25, 0.3) is 0 Å². The van der Waals surface area contributed by atoms with Crippen LogP contribution in [0.15, 0.2) is 206 Å². The molecule has 0 amide bonds. The molecule has 0 aliphatic heterocycles. The topological polar surface area (TPSA) is 19.0 Å². The molecule has 0 N–H and O–H groups in total. The second-order valence-electron chi connectivity index (χ2n) is 17.4. The molecule has 0 bridgehead atoms. The largest absolute Gasteiger partial charge is 0.457 e. The van der Waals surface area contributed by atoms with Crippen molar-refractivity contribution in [1.29, 1.82) is 0 Å². The number of hydrogen-bond donors (Lipinski definition) is 0. The van der Waals surface area contributed by atoms with Crippen molar-refractivity contribution in [2.45, 2.75) is 52.4 Å². The molecule has 4 nitrogen and oxygen atoms in total. The second-order valence-corrected chi connectivity index (χ2v) is 17.8. The van der Waals surface area contributed by atoms with E-state index < -0.39 is 0 Å². The Balaban J connectivity index is 1.26. The summed E-state index contributed by atoms with van der Waals surface area (Å²) in [4.78, 5) is 6.88. The third-order valence-electron chi connectivity index (χ3n) is 10.7. The number of nitrogens with zero attached hydrogens (tertiary/aromatic N) is 3. The van der Waals surface area contributed by atoms with Crippen LogP contribution >= 0.6 is 11.6 Å². The summed E-state index contributed by atoms with van der Waals surface area (Å²) >= 11 is 6.64. The van der Waals surface area contributed by atoms with Crippen LogP contribution in [0.3, 0.4) is 0 Å². The SMILES string of the molecule is CC(C)(C)c1cc(Oc2cccc(N(c3ccccc3)c3cc(N(c4ccccc4)c4cccc(Cl)c4)cc(C(C)(C)C)c3)c2)cc(N(c2ccccc2)c2ccccc2)c1. The van der Waals surface area contributed by atoms with E-state index in [9.17, 15) is 0 Å². The molecule has 8 aromatic rings. The van der Waals surface area contributed by atoms with E-state index in [1.54, 1.807) is 0 Å². The first-order chi connectivity index (χ1) is 29.4. The van der Waals surface area contributed by atoms with Crippen molar-refractivity contribution < 1.29 is 4.74 Å². The quantitative estimate of drug-likeness (QED) is 0.129. The molecule has 5 heteroatoms. The molecule has 0 saturated carbocycles. The standard InChI is InChI=1S/C56H52ClN3O/c1-55(2,3)41-33-50(59(46-26-15-9-16-27-46)48-30-19-21-43(57)37-48)38-51(34-41)60(47-28-17-10-18-29-47)49-31-20-32-53(39-49)61-54-36-42(56(4,5)6)35-52(40-54)58(44-22-11-7-12-23-44)45-24-13-8-14-25-45/h7-40H,1-6H3. The lowest BCUT2D eigenvalue weighted by Gasteiger charge is -2.32. The Kier molecular flexibility index (Phi) is 11.7. The number of benzene rings is 8. The number of para-hydroxylation sites is 4. The summed E-state index contributed by atoms with van der Waals surface area (Å²) in [6, 6.07) is 72.0. The van der Waals surface area contributed by atoms with Gasteiger partial charge in [-0.2, -0.15) is 0 Å². The fraction of sp³-hybridized carbons (Fsp3) is 0.143. The lowest BCUT2D eigenvalue weighted by atomic mass is 9.86. The minimum Gasteiger partial charge on any atom is -0.457 e. The molecule has 0 spiro atoms. The first-order valence-corrected chi connectivity index (χ1v) is 21.2. The molecule has 0 fully saturated rings. The number of anilines is 9. The molecule has 8 rings (SSSR count). The van der Waals surface area contributed by atoms with E-state index in [4.69, 9.17) is 16.3 Å². The fourth-order valence-electron chi connectivity index (χ4n) is 7.58. The first-order valence-electron chi connectivity index (χ1n) is 20.9. The van der Waals surface area contributed by atoms with Crippen LogP contribution in [-0.2, 0) is 10.8 Å². The second kappa shape index (κ2) is 17.5. The van der Waals surface area contributed by atoms with Gasteiger partial charge in [0.2, 0.25) is 0 Å². The number of hydrogen-bond acceptors (Lipinski definition) is 4. The third kappa shape index (κ3) is 9.51. The zero-order valence-electron chi connectivity index (χ0n) is 35.8. The average molecular weight is 819 g/mol. The van der Waals surface area contributed by atoms with Crippen molar-refractivity contribution >= 4 is 62.8 Å². The molecule has 8 aromatic carbocycles. The van der Waals surface area contributed by atoms with E-state index in [-0.39, 0.29) is 10.8 Å². The molecule has 61 heavy (non-hydrogen) atoms. The summed E-state index contributed by atoms with van der Waals surface area (Å²) in [6.07, 6.45) is 0. The van der Waals surface area contributed by atoms with E-state index in [1.165, 1.54) is 11.1 Å². The van der Waals surface area contributed by atoms with Crippen LogP contribution < -0.4 is 19.4 Å². The molecule has 0 unspecified atom stereocenters. The Morgan fingerprint density at radius 2 is 0.656 bits per heavy atom. The van der Waals surface area contributed by atoms with Crippen molar-refractivity contribution in [1.82, 2.24) is 0 Å². The minimum atomic E-state index is -0.155. The van der Waals surface area contributed by atoms with Gasteiger partial charge < -0.3 is 19.4 Å². The minimum absolute atomic E-state index is 0.131. The van der Waals surface area contributed by atoms with Crippen LogP contribution in [0, 0.1) is 0 Å². The molecular formula is C56H52ClN3O. The highest BCUT2D eigenvalue weighted by Crippen LogP contribution is 2.45. The van der Waals surface area contributed by atoms with Crippen molar-refractivity contribution in [2.24, 2.45) is 0 Å². The van der Waals surface area contributed by atoms with Crippen LogP contribution in [0.2, 0.25) is 5.02 Å². The smallest absolute Gasteiger partial charge is 0.129 e. The van der Waals surface area contributed by atoms with E-state index in [2.05, 4.69) is 232 Å². The van der Waals surface area contributed by atoms with Gasteiger partial charge in [0.25, 0.3) is 0 Å². The molecule has 0 heterocycles. The Morgan fingerprint density at radius 1 is 0.311 bits per heavy atom. The first kappa shape index (κ1) is 41.0. The lowest BCUT2D eigenvalue weighted by molar-refractivity contribution is 0.479. The maximum absolute atomic E-state index is 6.93. The van der Waals surface area contributed by atoms with Crippen LogP contribution in [0.4, 0.5) is 51.2 Å². The fourth-order valence-corrected chi connectivity index (χ4v) is 7.76. The van der Waals surface area contributed by atoms with E-state index in [1.807, 2.05) is 30.3 Å². The van der Waals surface area contributed by atoms with Crippen LogP contribution in [0.1, 0.15) is 52.7 Å². The number of ether oxygens (including phenoxy) is 1. The van der Waals surface area contributed by atoms with Crippen molar-refractivity contribution in [3.05, 3.63) is 222 Å². The van der Waals surface area contributed by atoms with E-state index in [0.29, 0.717) is 5.02 Å². The highest BCUT2D eigenvalue weighted by molar-refractivity contribution is 6.30. The third-order valence-corrected chi connectivity index (χ3v) is 11.0. The number of rotatable bonds is 11. The van der Waals surface area contributed by atoms with Gasteiger partial charge in [0, 0.05) is 62.7 Å². The summed E-state index contributed by atoms with van der Waals surface area (Å²) in [5.41, 5.74) is 11.3. The Bertz CT molecular complexity index is 2670. The number of halogens is 1. The molecule has 0 aliphatic rings. The highest BCUT2D eigenvalue weighted by atomic mass is 35.5. The van der Waals surface area contributed by atoms with Crippen LogP contribution in [0.5, 0.6) is 11.5 Å². The molecule has 0 atom stereocenters. The summed E-state index contributed by atoms with van der Waals surface area (Å²) in [5, 5.41) is 0.682. The van der Waals surface area contributed by atoms with Crippen molar-refractivity contribution in [3.8, 4) is 11.5 Å². The van der Waals surface area contributed by atoms with Crippen LogP contribution in [-0.4, -0.2) is 0 Å². The van der Waals surface area contributed by atoms with Crippen molar-refractivity contribution in [2.75, 3.05) is 14.7 Å². The van der Waals surface area contributed by atoms with Gasteiger partial charge in [0.15, 0.2) is 0 Å². The Hall–Kier alpha value is -6.75. The highest BCUT2D eigenvalue weighted by Gasteiger charge is 2.24. The van der Waals surface area contributed by atoms with Gasteiger partial charge in [-0.1, -0.05) is 138 Å². The summed E-state index contributed by atoms with van der Waals surface area (Å²) in [5.74, 6) is 1.50. The van der Waals surface area contributed by atoms with Gasteiger partial charge in [-0.05, 0) is 131 Å². The molecular weight excluding hydrogens is 766 g/mol. The summed E-state index contributed by atoms with van der Waals surface area (Å²) < 4.78 is 6.93. The maximum atomic E-state index is 6.93. The predicted molar refractivity (Wildman–Crippen MR) is 259 cm³/mol. The Labute approximate surface area is 366 Å². The van der Waals surface area contributed by atoms with Gasteiger partial charge in [0.05, 0.1) is 5.69 Å². The van der Waals surface area contributed by atoms with Crippen molar-refractivity contribution in [3.63, 3.8) is 0 Å². The van der Waals surface area contributed by atoms with Gasteiger partial charge in [-0.3, -0.25) is 0 Å². The summed E-state index contributed by atoms with van der Waals surface area (Å²) in [7, 11) is 0. The molecule has 0 aromatic heterocycles. The molecule has 304 valence electrons. The van der Waals surface area contributed by atoms with E-state index >= 15 is 0 Å². The van der Waals surface area contributed by atoms with Gasteiger partial charge in [-0.25, -0.2) is 0 Å². The zero-order valence-corrected chi connectivity index (χ0v) is 36.5. The van der Waals surface area contributed by atoms with Gasteiger partial charge >= 0.3 is 0 Å². The zero-order chi connectivity index (χ0) is 42.6.